The number of carbonyl (C=O) groups excluding carboxylic acids is 1. The Hall–Kier alpha value is -2.05. The zero-order valence-electron chi connectivity index (χ0n) is 12.5. The van der Waals surface area contributed by atoms with Crippen molar-refractivity contribution in [3.63, 3.8) is 0 Å². The van der Waals surface area contributed by atoms with Crippen molar-refractivity contribution >= 4 is 11.7 Å². The molecule has 1 N–H and O–H groups in total. The smallest absolute Gasteiger partial charge is 0.352 e. The third-order valence-electron chi connectivity index (χ3n) is 4.26. The Balaban J connectivity index is 1.53. The number of pyridine rings is 1. The van der Waals surface area contributed by atoms with E-state index in [1.54, 1.807) is 4.90 Å². The van der Waals surface area contributed by atoms with Crippen molar-refractivity contribution in [1.82, 2.24) is 10.3 Å². The van der Waals surface area contributed by atoms with E-state index in [4.69, 9.17) is 0 Å². The Morgan fingerprint density at radius 1 is 1.30 bits per heavy atom. The Morgan fingerprint density at radius 2 is 2.09 bits per heavy atom. The van der Waals surface area contributed by atoms with E-state index in [1.165, 1.54) is 6.20 Å². The summed E-state index contributed by atoms with van der Waals surface area (Å²) in [6.07, 6.45) is 3.43. The van der Waals surface area contributed by atoms with Gasteiger partial charge in [-0.1, -0.05) is 12.2 Å². The summed E-state index contributed by atoms with van der Waals surface area (Å²) >= 11 is 0. The van der Waals surface area contributed by atoms with Crippen LogP contribution in [0.1, 0.15) is 24.8 Å². The predicted octanol–water partition coefficient (Wildman–Crippen LogP) is 2.76. The molecule has 0 radical (unpaired) electrons. The number of halogens is 3. The minimum absolute atomic E-state index is 0.0146. The normalized spacial score (nSPS) is 21.9. The summed E-state index contributed by atoms with van der Waals surface area (Å²) in [5.41, 5.74) is -0.705. The van der Waals surface area contributed by atoms with Crippen LogP contribution in [0.5, 0.6) is 0 Å². The second-order valence-electron chi connectivity index (χ2n) is 5.99. The molecule has 1 unspecified atom stereocenters. The van der Waals surface area contributed by atoms with Crippen molar-refractivity contribution in [2.24, 2.45) is 5.92 Å². The quantitative estimate of drug-likeness (QED) is 0.869. The minimum Gasteiger partial charge on any atom is -0.352 e. The number of anilines is 1. The average Bonchev–Trinajstić information content (AvgIpc) is 2.50. The predicted molar refractivity (Wildman–Crippen MR) is 79.9 cm³/mol. The molecular weight excluding hydrogens is 307 g/mol. The van der Waals surface area contributed by atoms with Crippen LogP contribution in [-0.4, -0.2) is 30.0 Å². The number of hydrogen-bond donors (Lipinski definition) is 1. The number of aromatic nitrogens is 1. The maximum absolute atomic E-state index is 12.7. The van der Waals surface area contributed by atoms with Gasteiger partial charge in [0.15, 0.2) is 0 Å². The highest BCUT2D eigenvalue weighted by molar-refractivity contribution is 5.79. The van der Waals surface area contributed by atoms with Crippen LogP contribution >= 0.6 is 0 Å². The van der Waals surface area contributed by atoms with Crippen molar-refractivity contribution in [2.45, 2.75) is 31.5 Å². The molecule has 1 aromatic rings. The van der Waals surface area contributed by atoms with Crippen LogP contribution in [0.15, 0.2) is 30.5 Å². The summed E-state index contributed by atoms with van der Waals surface area (Å²) in [6.45, 7) is 0.977. The molecule has 3 rings (SSSR count). The molecule has 0 aromatic carbocycles. The van der Waals surface area contributed by atoms with Gasteiger partial charge in [0.25, 0.3) is 0 Å². The van der Waals surface area contributed by atoms with Gasteiger partial charge in [-0.25, -0.2) is 4.98 Å². The molecule has 1 aliphatic heterocycles. The van der Waals surface area contributed by atoms with Crippen LogP contribution in [0.3, 0.4) is 0 Å². The maximum Gasteiger partial charge on any atom is 0.416 e. The zero-order valence-corrected chi connectivity index (χ0v) is 12.5. The lowest BCUT2D eigenvalue weighted by Crippen LogP contribution is -2.60. The van der Waals surface area contributed by atoms with Gasteiger partial charge < -0.3 is 10.2 Å². The van der Waals surface area contributed by atoms with Gasteiger partial charge in [0.1, 0.15) is 5.82 Å². The molecule has 2 heterocycles. The van der Waals surface area contributed by atoms with Crippen molar-refractivity contribution in [1.29, 1.82) is 0 Å². The molecule has 0 bridgehead atoms. The van der Waals surface area contributed by atoms with Gasteiger partial charge in [0, 0.05) is 25.2 Å². The van der Waals surface area contributed by atoms with Gasteiger partial charge in [-0.05, 0) is 31.4 Å². The second-order valence-corrected chi connectivity index (χ2v) is 5.99. The van der Waals surface area contributed by atoms with Crippen LogP contribution in [0.2, 0.25) is 0 Å². The van der Waals surface area contributed by atoms with Crippen molar-refractivity contribution < 1.29 is 18.0 Å². The zero-order chi connectivity index (χ0) is 16.4. The summed E-state index contributed by atoms with van der Waals surface area (Å²) in [7, 11) is 0. The molecule has 1 atom stereocenters. The Kier molecular flexibility index (Phi) is 4.28. The van der Waals surface area contributed by atoms with E-state index in [0.717, 1.165) is 31.4 Å². The molecule has 2 aliphatic rings. The van der Waals surface area contributed by atoms with E-state index in [1.807, 2.05) is 6.08 Å². The number of alkyl halides is 3. The van der Waals surface area contributed by atoms with Crippen LogP contribution in [-0.2, 0) is 11.0 Å². The van der Waals surface area contributed by atoms with Crippen LogP contribution in [0.4, 0.5) is 19.0 Å². The summed E-state index contributed by atoms with van der Waals surface area (Å²) < 4.78 is 38.1. The number of amides is 1. The van der Waals surface area contributed by atoms with Crippen molar-refractivity contribution in [3.05, 3.63) is 36.0 Å². The molecule has 1 amide bonds. The fraction of sp³-hybridized carbons (Fsp3) is 0.500. The SMILES string of the molecule is O=C(NC1CN(c2cc(C(F)(F)F)ccn2)C1)C1CC=CCC1. The topological polar surface area (TPSA) is 45.2 Å². The highest BCUT2D eigenvalue weighted by Crippen LogP contribution is 2.31. The van der Waals surface area contributed by atoms with Gasteiger partial charge in [-0.2, -0.15) is 13.2 Å². The monoisotopic (exact) mass is 325 g/mol. The molecule has 7 heteroatoms. The van der Waals surface area contributed by atoms with Gasteiger partial charge >= 0.3 is 6.18 Å². The standard InChI is InChI=1S/C16H18F3N3O/c17-16(18,19)12-6-7-20-14(8-12)22-9-13(10-22)21-15(23)11-4-2-1-3-5-11/h1-2,6-8,11,13H,3-5,9-10H2,(H,21,23). The fourth-order valence-corrected chi connectivity index (χ4v) is 2.88. The lowest BCUT2D eigenvalue weighted by atomic mass is 9.93. The lowest BCUT2D eigenvalue weighted by Gasteiger charge is -2.41. The molecule has 1 aromatic heterocycles. The lowest BCUT2D eigenvalue weighted by molar-refractivity contribution is -0.137. The largest absolute Gasteiger partial charge is 0.416 e. The summed E-state index contributed by atoms with van der Waals surface area (Å²) in [5.74, 6) is 0.350. The Morgan fingerprint density at radius 3 is 2.74 bits per heavy atom. The molecule has 1 fully saturated rings. The van der Waals surface area contributed by atoms with Gasteiger partial charge in [-0.3, -0.25) is 4.79 Å². The first-order valence-electron chi connectivity index (χ1n) is 7.67. The summed E-state index contributed by atoms with van der Waals surface area (Å²) in [6, 6.07) is 1.98. The third kappa shape index (κ3) is 3.65. The highest BCUT2D eigenvalue weighted by Gasteiger charge is 2.34. The van der Waals surface area contributed by atoms with Crippen molar-refractivity contribution in [2.75, 3.05) is 18.0 Å². The Labute approximate surface area is 132 Å². The number of rotatable bonds is 3. The average molecular weight is 325 g/mol. The summed E-state index contributed by atoms with van der Waals surface area (Å²) in [5, 5.41) is 2.97. The molecule has 23 heavy (non-hydrogen) atoms. The Bertz CT molecular complexity index is 609. The first kappa shape index (κ1) is 15.8. The van der Waals surface area contributed by atoms with Gasteiger partial charge in [-0.15, -0.1) is 0 Å². The molecule has 124 valence electrons. The molecular formula is C16H18F3N3O. The number of nitrogens with zero attached hydrogens (tertiary/aromatic N) is 2. The van der Waals surface area contributed by atoms with Crippen LogP contribution in [0.25, 0.3) is 0 Å². The first-order chi connectivity index (χ1) is 10.9. The van der Waals surface area contributed by atoms with E-state index >= 15 is 0 Å². The van der Waals surface area contributed by atoms with E-state index in [9.17, 15) is 18.0 Å². The molecule has 1 aliphatic carbocycles. The summed E-state index contributed by atoms with van der Waals surface area (Å²) in [4.78, 5) is 17.8. The third-order valence-corrected chi connectivity index (χ3v) is 4.26. The number of allylic oxidation sites excluding steroid dienone is 2. The maximum atomic E-state index is 12.7. The van der Waals surface area contributed by atoms with Crippen LogP contribution < -0.4 is 10.2 Å². The number of hydrogen-bond acceptors (Lipinski definition) is 3. The number of nitrogens with one attached hydrogen (secondary N) is 1. The van der Waals surface area contributed by atoms with E-state index < -0.39 is 11.7 Å². The number of carbonyl (C=O) groups is 1. The first-order valence-corrected chi connectivity index (χ1v) is 7.67. The molecule has 0 spiro atoms. The molecule has 0 saturated carbocycles. The van der Waals surface area contributed by atoms with E-state index in [2.05, 4.69) is 16.4 Å². The van der Waals surface area contributed by atoms with Crippen LogP contribution in [0, 0.1) is 5.92 Å². The van der Waals surface area contributed by atoms with Crippen molar-refractivity contribution in [3.8, 4) is 0 Å². The van der Waals surface area contributed by atoms with Gasteiger partial charge in [0.05, 0.1) is 11.6 Å². The fourth-order valence-electron chi connectivity index (χ4n) is 2.88. The van der Waals surface area contributed by atoms with E-state index in [-0.39, 0.29) is 17.9 Å². The molecule has 4 nitrogen and oxygen atoms in total. The molecule has 1 saturated heterocycles. The van der Waals surface area contributed by atoms with E-state index in [0.29, 0.717) is 18.9 Å². The second kappa shape index (κ2) is 6.22. The highest BCUT2D eigenvalue weighted by atomic mass is 19.4. The minimum atomic E-state index is -4.37. The van der Waals surface area contributed by atoms with Gasteiger partial charge in [0.2, 0.25) is 5.91 Å².